The summed E-state index contributed by atoms with van der Waals surface area (Å²) in [7, 11) is -2.28. The van der Waals surface area contributed by atoms with Crippen LogP contribution in [-0.2, 0) is 14.8 Å². The first-order valence-electron chi connectivity index (χ1n) is 7.82. The number of hydrogen-bond donors (Lipinski definition) is 1. The lowest BCUT2D eigenvalue weighted by molar-refractivity contribution is -0.122. The number of hydrogen-bond acceptors (Lipinski definition) is 3. The molecular formula is C16H23ClN2O3S. The Balaban J connectivity index is 1.98. The zero-order valence-electron chi connectivity index (χ0n) is 13.5. The summed E-state index contributed by atoms with van der Waals surface area (Å²) in [5.74, 6) is 0.176. The van der Waals surface area contributed by atoms with E-state index in [9.17, 15) is 13.2 Å². The number of carbonyl (C=O) groups excluding carboxylic acids is 1. The van der Waals surface area contributed by atoms with Gasteiger partial charge in [0.2, 0.25) is 15.9 Å². The molecule has 7 heteroatoms. The Hall–Kier alpha value is -1.11. The zero-order valence-corrected chi connectivity index (χ0v) is 15.0. The molecule has 23 heavy (non-hydrogen) atoms. The molecule has 0 aliphatic heterocycles. The topological polar surface area (TPSA) is 66.5 Å². The van der Waals surface area contributed by atoms with Gasteiger partial charge in [-0.2, -0.15) is 4.31 Å². The molecule has 1 aliphatic carbocycles. The molecule has 0 saturated heterocycles. The lowest BCUT2D eigenvalue weighted by atomic mass is 9.86. The number of likely N-dealkylation sites (N-methyl/N-ethyl adjacent to an activating group) is 1. The third-order valence-electron chi connectivity index (χ3n) is 4.35. The normalized spacial score (nSPS) is 22.1. The number of nitrogens with one attached hydrogen (secondary N) is 1. The van der Waals surface area contributed by atoms with Crippen LogP contribution >= 0.6 is 11.6 Å². The van der Waals surface area contributed by atoms with Crippen molar-refractivity contribution in [2.45, 2.75) is 43.5 Å². The van der Waals surface area contributed by atoms with Crippen LogP contribution in [0.4, 0.5) is 0 Å². The minimum atomic E-state index is -3.69. The monoisotopic (exact) mass is 358 g/mol. The van der Waals surface area contributed by atoms with Crippen LogP contribution in [0.25, 0.3) is 0 Å². The molecule has 2 atom stereocenters. The highest BCUT2D eigenvalue weighted by atomic mass is 35.5. The van der Waals surface area contributed by atoms with Gasteiger partial charge < -0.3 is 5.32 Å². The number of rotatable bonds is 5. The predicted molar refractivity (Wildman–Crippen MR) is 90.8 cm³/mol. The molecule has 128 valence electrons. The number of halogens is 1. The van der Waals surface area contributed by atoms with E-state index in [4.69, 9.17) is 11.6 Å². The van der Waals surface area contributed by atoms with Gasteiger partial charge in [-0.1, -0.05) is 31.4 Å². The maximum absolute atomic E-state index is 12.4. The molecular weight excluding hydrogens is 336 g/mol. The van der Waals surface area contributed by atoms with Crippen molar-refractivity contribution in [1.82, 2.24) is 9.62 Å². The van der Waals surface area contributed by atoms with E-state index >= 15 is 0 Å². The van der Waals surface area contributed by atoms with Gasteiger partial charge in [0.1, 0.15) is 0 Å². The summed E-state index contributed by atoms with van der Waals surface area (Å²) < 4.78 is 25.9. The third-order valence-corrected chi connectivity index (χ3v) is 6.42. The highest BCUT2D eigenvalue weighted by Crippen LogP contribution is 2.23. The molecule has 1 saturated carbocycles. The molecule has 1 aliphatic rings. The molecule has 0 radical (unpaired) electrons. The van der Waals surface area contributed by atoms with E-state index in [0.29, 0.717) is 10.9 Å². The van der Waals surface area contributed by atoms with E-state index in [1.165, 1.54) is 37.7 Å². The van der Waals surface area contributed by atoms with Gasteiger partial charge >= 0.3 is 0 Å². The molecule has 0 aromatic heterocycles. The van der Waals surface area contributed by atoms with E-state index < -0.39 is 10.0 Å². The van der Waals surface area contributed by atoms with Crippen LogP contribution in [0.15, 0.2) is 29.2 Å². The Morgan fingerprint density at radius 3 is 2.48 bits per heavy atom. The molecule has 0 unspecified atom stereocenters. The average Bonchev–Trinajstić information content (AvgIpc) is 2.50. The van der Waals surface area contributed by atoms with Crippen molar-refractivity contribution in [3.63, 3.8) is 0 Å². The van der Waals surface area contributed by atoms with Crippen molar-refractivity contribution in [2.75, 3.05) is 13.6 Å². The van der Waals surface area contributed by atoms with Crippen molar-refractivity contribution in [2.24, 2.45) is 5.92 Å². The second-order valence-electron chi connectivity index (χ2n) is 6.15. The smallest absolute Gasteiger partial charge is 0.243 e. The minimum absolute atomic E-state index is 0.128. The summed E-state index contributed by atoms with van der Waals surface area (Å²) in [4.78, 5) is 12.3. The Kier molecular flexibility index (Phi) is 6.06. The highest BCUT2D eigenvalue weighted by Gasteiger charge is 2.26. The van der Waals surface area contributed by atoms with E-state index in [0.717, 1.165) is 23.6 Å². The first kappa shape index (κ1) is 18.2. The fourth-order valence-corrected chi connectivity index (χ4v) is 4.11. The molecule has 0 heterocycles. The molecule has 0 spiro atoms. The van der Waals surface area contributed by atoms with Gasteiger partial charge in [-0.25, -0.2) is 8.42 Å². The van der Waals surface area contributed by atoms with E-state index in [2.05, 4.69) is 12.2 Å². The Morgan fingerprint density at radius 2 is 1.87 bits per heavy atom. The summed E-state index contributed by atoms with van der Waals surface area (Å²) in [6, 6.07) is 6.06. The summed E-state index contributed by atoms with van der Waals surface area (Å²) >= 11 is 5.78. The van der Waals surface area contributed by atoms with Gasteiger partial charge in [0.05, 0.1) is 11.4 Å². The van der Waals surface area contributed by atoms with Gasteiger partial charge in [0.25, 0.3) is 0 Å². The average molecular weight is 359 g/mol. The Bertz CT molecular complexity index is 646. The van der Waals surface area contributed by atoms with Gasteiger partial charge in [-0.3, -0.25) is 4.79 Å². The van der Waals surface area contributed by atoms with Crippen LogP contribution in [0, 0.1) is 5.92 Å². The summed E-state index contributed by atoms with van der Waals surface area (Å²) in [5, 5.41) is 3.43. The molecule has 1 N–H and O–H groups in total. The van der Waals surface area contributed by atoms with Crippen LogP contribution < -0.4 is 5.32 Å². The maximum Gasteiger partial charge on any atom is 0.243 e. The molecule has 2 rings (SSSR count). The highest BCUT2D eigenvalue weighted by molar-refractivity contribution is 7.89. The standard InChI is InChI=1S/C16H23ClN2O3S/c1-12-5-3-4-6-15(12)18-16(20)11-19(2)23(21,22)14-9-7-13(17)8-10-14/h7-10,12,15H,3-6,11H2,1-2H3,(H,18,20)/t12-,15+/m1/s1. The Labute approximate surface area is 143 Å². The quantitative estimate of drug-likeness (QED) is 0.879. The largest absolute Gasteiger partial charge is 0.352 e. The summed E-state index contributed by atoms with van der Waals surface area (Å²) in [6.07, 6.45) is 4.36. The fourth-order valence-electron chi connectivity index (χ4n) is 2.86. The first-order valence-corrected chi connectivity index (χ1v) is 9.64. The van der Waals surface area contributed by atoms with Crippen molar-refractivity contribution < 1.29 is 13.2 Å². The number of benzene rings is 1. The maximum atomic E-state index is 12.4. The third kappa shape index (κ3) is 4.68. The van der Waals surface area contributed by atoms with Crippen molar-refractivity contribution in [3.8, 4) is 0 Å². The van der Waals surface area contributed by atoms with Crippen LogP contribution in [0.2, 0.25) is 5.02 Å². The molecule has 1 fully saturated rings. The number of sulfonamides is 1. The van der Waals surface area contributed by atoms with Crippen molar-refractivity contribution >= 4 is 27.5 Å². The zero-order chi connectivity index (χ0) is 17.0. The molecule has 1 amide bonds. The second-order valence-corrected chi connectivity index (χ2v) is 8.63. The first-order chi connectivity index (χ1) is 10.8. The predicted octanol–water partition coefficient (Wildman–Crippen LogP) is 2.66. The lowest BCUT2D eigenvalue weighted by Crippen LogP contribution is -2.46. The molecule has 1 aromatic carbocycles. The number of nitrogens with zero attached hydrogens (tertiary/aromatic N) is 1. The van der Waals surface area contributed by atoms with Gasteiger partial charge in [0.15, 0.2) is 0 Å². The second kappa shape index (κ2) is 7.64. The van der Waals surface area contributed by atoms with Crippen LogP contribution in [-0.4, -0.2) is 38.3 Å². The SMILES string of the molecule is C[C@@H]1CCCC[C@@H]1NC(=O)CN(C)S(=O)(=O)c1ccc(Cl)cc1. The van der Waals surface area contributed by atoms with Crippen LogP contribution in [0.1, 0.15) is 32.6 Å². The molecule has 1 aromatic rings. The summed E-state index contributed by atoms with van der Waals surface area (Å²) in [6.45, 7) is 1.94. The fraction of sp³-hybridized carbons (Fsp3) is 0.562. The van der Waals surface area contributed by atoms with Crippen molar-refractivity contribution in [3.05, 3.63) is 29.3 Å². The van der Waals surface area contributed by atoms with E-state index in [-0.39, 0.29) is 23.4 Å². The molecule has 0 bridgehead atoms. The van der Waals surface area contributed by atoms with E-state index in [1.807, 2.05) is 0 Å². The Morgan fingerprint density at radius 1 is 1.26 bits per heavy atom. The number of carbonyl (C=O) groups is 1. The van der Waals surface area contributed by atoms with Crippen LogP contribution in [0.3, 0.4) is 0 Å². The van der Waals surface area contributed by atoms with Crippen LogP contribution in [0.5, 0.6) is 0 Å². The minimum Gasteiger partial charge on any atom is -0.352 e. The van der Waals surface area contributed by atoms with E-state index in [1.54, 1.807) is 0 Å². The summed E-state index contributed by atoms with van der Waals surface area (Å²) in [5.41, 5.74) is 0. The lowest BCUT2D eigenvalue weighted by Gasteiger charge is -2.30. The molecule has 5 nitrogen and oxygen atoms in total. The van der Waals surface area contributed by atoms with Crippen molar-refractivity contribution in [1.29, 1.82) is 0 Å². The number of amides is 1. The van der Waals surface area contributed by atoms with Gasteiger partial charge in [-0.15, -0.1) is 0 Å². The van der Waals surface area contributed by atoms with Gasteiger partial charge in [-0.05, 0) is 43.0 Å². The van der Waals surface area contributed by atoms with Gasteiger partial charge in [0, 0.05) is 18.1 Å².